The highest BCUT2D eigenvalue weighted by molar-refractivity contribution is 6.37. The van der Waals surface area contributed by atoms with Crippen LogP contribution in [0.1, 0.15) is 13.3 Å². The van der Waals surface area contributed by atoms with Crippen molar-refractivity contribution in [3.05, 3.63) is 6.55 Å². The van der Waals surface area contributed by atoms with E-state index in [1.165, 1.54) is 12.5 Å². The lowest BCUT2D eigenvalue weighted by molar-refractivity contribution is 1.08. The summed E-state index contributed by atoms with van der Waals surface area (Å²) in [4.78, 5) is 0. The summed E-state index contributed by atoms with van der Waals surface area (Å²) in [7, 11) is 0.164. The molecule has 0 saturated heterocycles. The van der Waals surface area contributed by atoms with Gasteiger partial charge in [-0.3, -0.25) is 0 Å². The molecule has 0 N–H and O–H groups in total. The minimum absolute atomic E-state index is 0.164. The van der Waals surface area contributed by atoms with Gasteiger partial charge in [-0.1, -0.05) is 25.9 Å². The van der Waals surface area contributed by atoms with Crippen molar-refractivity contribution in [1.82, 2.24) is 0 Å². The van der Waals surface area contributed by atoms with Crippen molar-refractivity contribution in [2.75, 3.05) is 0 Å². The zero-order valence-electron chi connectivity index (χ0n) is 3.83. The number of hydrogen-bond donors (Lipinski definition) is 0. The van der Waals surface area contributed by atoms with Crippen LogP contribution < -0.4 is 0 Å². The fourth-order valence-electron chi connectivity index (χ4n) is 0.250. The van der Waals surface area contributed by atoms with Gasteiger partial charge in [-0.25, -0.2) is 0 Å². The van der Waals surface area contributed by atoms with Crippen molar-refractivity contribution >= 4 is 9.52 Å². The molecule has 0 unspecified atom stereocenters. The molecule has 0 aliphatic heterocycles. The van der Waals surface area contributed by atoms with Crippen LogP contribution in [0.3, 0.4) is 0 Å². The zero-order valence-corrected chi connectivity index (χ0v) is 5.24. The number of rotatable bonds is 2. The molecule has 0 aromatic carbocycles. The molecule has 0 bridgehead atoms. The van der Waals surface area contributed by atoms with Crippen LogP contribution in [0.4, 0.5) is 0 Å². The van der Waals surface area contributed by atoms with Crippen LogP contribution in [0, 0.1) is 6.55 Å². The summed E-state index contributed by atoms with van der Waals surface area (Å²) in [5, 5.41) is 0. The quantitative estimate of drug-likeness (QED) is 0.436. The summed E-state index contributed by atoms with van der Waals surface area (Å²) in [6.45, 7) is 6.02. The predicted octanol–water partition coefficient (Wildman–Crippen LogP) is 0.775. The summed E-state index contributed by atoms with van der Waals surface area (Å²) in [6, 6.07) is 1.42. The molecule has 0 nitrogen and oxygen atoms in total. The van der Waals surface area contributed by atoms with Crippen LogP contribution in [-0.2, 0) is 0 Å². The van der Waals surface area contributed by atoms with Gasteiger partial charge in [-0.15, -0.1) is 0 Å². The SMILES string of the molecule is [CH2][SiH2]CCC. The standard InChI is InChI=1S/C4H11Si/c1-3-4-5-2/h2-5H2,1H3. The maximum Gasteiger partial charge on any atom is 0.0194 e. The Labute approximate surface area is 36.4 Å². The van der Waals surface area contributed by atoms with Crippen LogP contribution in [-0.4, -0.2) is 9.52 Å². The third-order valence-corrected chi connectivity index (χ3v) is 1.81. The molecule has 0 aromatic rings. The molecule has 0 aliphatic carbocycles. The molecule has 31 valence electrons. The minimum Gasteiger partial charge on any atom is -0.0657 e. The third-order valence-electron chi connectivity index (χ3n) is 0.604. The Morgan fingerprint density at radius 2 is 2.40 bits per heavy atom. The van der Waals surface area contributed by atoms with Gasteiger partial charge in [0.2, 0.25) is 0 Å². The highest BCUT2D eigenvalue weighted by atomic mass is 28.2. The van der Waals surface area contributed by atoms with Crippen molar-refractivity contribution in [3.8, 4) is 0 Å². The first-order valence-electron chi connectivity index (χ1n) is 2.21. The maximum atomic E-state index is 3.81. The first-order chi connectivity index (χ1) is 2.41. The van der Waals surface area contributed by atoms with E-state index in [9.17, 15) is 0 Å². The molecule has 0 aromatic heterocycles. The van der Waals surface area contributed by atoms with Crippen LogP contribution in [0.15, 0.2) is 0 Å². The first kappa shape index (κ1) is 5.22. The van der Waals surface area contributed by atoms with Gasteiger partial charge in [0.05, 0.1) is 0 Å². The third kappa shape index (κ3) is 4.22. The Kier molecular flexibility index (Phi) is 4.40. The predicted molar refractivity (Wildman–Crippen MR) is 29.0 cm³/mol. The molecular formula is C4H11Si. The molecule has 0 aliphatic rings. The topological polar surface area (TPSA) is 0 Å². The molecule has 1 radical (unpaired) electrons. The van der Waals surface area contributed by atoms with E-state index in [4.69, 9.17) is 0 Å². The van der Waals surface area contributed by atoms with Gasteiger partial charge in [0.15, 0.2) is 0 Å². The molecule has 0 saturated carbocycles. The monoisotopic (exact) mass is 87.1 g/mol. The zero-order chi connectivity index (χ0) is 4.12. The van der Waals surface area contributed by atoms with E-state index < -0.39 is 0 Å². The molecule has 0 atom stereocenters. The first-order valence-corrected chi connectivity index (χ1v) is 4.21. The summed E-state index contributed by atoms with van der Waals surface area (Å²) in [6.07, 6.45) is 1.34. The van der Waals surface area contributed by atoms with Crippen LogP contribution in [0.5, 0.6) is 0 Å². The molecule has 5 heavy (non-hydrogen) atoms. The largest absolute Gasteiger partial charge is 0.0657 e. The summed E-state index contributed by atoms with van der Waals surface area (Å²) in [5.41, 5.74) is 0. The molecule has 0 rings (SSSR count). The van der Waals surface area contributed by atoms with E-state index in [-0.39, 0.29) is 9.52 Å². The van der Waals surface area contributed by atoms with E-state index in [0.717, 1.165) is 0 Å². The Balaban J connectivity index is 2.19. The molecular weight excluding hydrogens is 76.1 g/mol. The Bertz CT molecular complexity index is 11.1. The second-order valence-electron chi connectivity index (χ2n) is 1.21. The van der Waals surface area contributed by atoms with Crippen molar-refractivity contribution in [3.63, 3.8) is 0 Å². The van der Waals surface area contributed by atoms with E-state index in [0.29, 0.717) is 0 Å². The van der Waals surface area contributed by atoms with Gasteiger partial charge >= 0.3 is 0 Å². The average molecular weight is 87.2 g/mol. The van der Waals surface area contributed by atoms with E-state index in [1.54, 1.807) is 0 Å². The van der Waals surface area contributed by atoms with Gasteiger partial charge in [-0.2, -0.15) is 0 Å². The average Bonchev–Trinajstić information content (AvgIpc) is 1.41. The van der Waals surface area contributed by atoms with E-state index in [1.807, 2.05) is 0 Å². The lowest BCUT2D eigenvalue weighted by Crippen LogP contribution is -1.74. The summed E-state index contributed by atoms with van der Waals surface area (Å²) in [5.74, 6) is 0. The van der Waals surface area contributed by atoms with Gasteiger partial charge in [0.1, 0.15) is 0 Å². The normalized spacial score (nSPS) is 10.8. The molecule has 0 spiro atoms. The van der Waals surface area contributed by atoms with E-state index >= 15 is 0 Å². The van der Waals surface area contributed by atoms with Crippen LogP contribution in [0.25, 0.3) is 0 Å². The highest BCUT2D eigenvalue weighted by Gasteiger charge is 1.69. The van der Waals surface area contributed by atoms with Crippen molar-refractivity contribution in [2.45, 2.75) is 19.4 Å². The fraction of sp³-hybridized carbons (Fsp3) is 0.750. The molecule has 0 amide bonds. The molecule has 0 heterocycles. The molecule has 1 heteroatoms. The van der Waals surface area contributed by atoms with Gasteiger partial charge in [0.25, 0.3) is 0 Å². The fourth-order valence-corrected chi connectivity index (χ4v) is 0.750. The van der Waals surface area contributed by atoms with Crippen LogP contribution >= 0.6 is 0 Å². The summed E-state index contributed by atoms with van der Waals surface area (Å²) >= 11 is 0. The van der Waals surface area contributed by atoms with Gasteiger partial charge in [0, 0.05) is 9.52 Å². The van der Waals surface area contributed by atoms with Crippen molar-refractivity contribution < 1.29 is 0 Å². The van der Waals surface area contributed by atoms with Crippen molar-refractivity contribution in [1.29, 1.82) is 0 Å². The van der Waals surface area contributed by atoms with Crippen LogP contribution in [0.2, 0.25) is 6.04 Å². The summed E-state index contributed by atoms with van der Waals surface area (Å²) < 4.78 is 0. The maximum absolute atomic E-state index is 3.81. The second kappa shape index (κ2) is 4.22. The Morgan fingerprint density at radius 3 is 2.40 bits per heavy atom. The van der Waals surface area contributed by atoms with Crippen molar-refractivity contribution in [2.24, 2.45) is 0 Å². The highest BCUT2D eigenvalue weighted by Crippen LogP contribution is 1.80. The van der Waals surface area contributed by atoms with Gasteiger partial charge in [-0.05, 0) is 0 Å². The lowest BCUT2D eigenvalue weighted by Gasteiger charge is -1.77. The smallest absolute Gasteiger partial charge is 0.0194 e. The Morgan fingerprint density at radius 1 is 1.80 bits per heavy atom. The second-order valence-corrected chi connectivity index (χ2v) is 2.62. The lowest BCUT2D eigenvalue weighted by atomic mass is 10.6. The van der Waals surface area contributed by atoms with E-state index in [2.05, 4.69) is 13.5 Å². The number of hydrogen-bond acceptors (Lipinski definition) is 0. The van der Waals surface area contributed by atoms with Gasteiger partial charge < -0.3 is 0 Å². The molecule has 0 fully saturated rings. The Hall–Kier alpha value is 0.217. The minimum atomic E-state index is 0.164.